The number of aromatic carboxylic acids is 1. The molecular weight excluding hydrogens is 366 g/mol. The van der Waals surface area contributed by atoms with Crippen molar-refractivity contribution in [2.75, 3.05) is 0 Å². The molecule has 5 nitrogen and oxygen atoms in total. The summed E-state index contributed by atoms with van der Waals surface area (Å²) in [5.74, 6) is -0.758. The van der Waals surface area contributed by atoms with Gasteiger partial charge in [0.05, 0.1) is 10.6 Å². The number of nitrogens with zero attached hydrogens (tertiary/aromatic N) is 1. The number of ketones is 1. The second-order valence-corrected chi connectivity index (χ2v) is 5.97. The number of nitriles is 1. The molecule has 1 N–H and O–H groups in total. The number of carboxylic acids is 1. The van der Waals surface area contributed by atoms with Crippen LogP contribution >= 0.6 is 11.6 Å². The normalized spacial score (nSPS) is 11.0. The van der Waals surface area contributed by atoms with Gasteiger partial charge < -0.3 is 9.52 Å². The summed E-state index contributed by atoms with van der Waals surface area (Å²) in [6, 6.07) is 18.1. The lowest BCUT2D eigenvalue weighted by Gasteiger charge is -2.02. The fraction of sp³-hybridized carbons (Fsp3) is 0. The number of hydrogen-bond donors (Lipinski definition) is 1. The zero-order chi connectivity index (χ0) is 19.4. The first-order valence-electron chi connectivity index (χ1n) is 7.84. The van der Waals surface area contributed by atoms with E-state index in [1.54, 1.807) is 48.5 Å². The third kappa shape index (κ3) is 3.97. The fourth-order valence-electron chi connectivity index (χ4n) is 2.46. The highest BCUT2D eigenvalue weighted by molar-refractivity contribution is 6.33. The molecule has 1 aromatic heterocycles. The molecule has 2 aromatic carbocycles. The lowest BCUT2D eigenvalue weighted by atomic mass is 10.0. The van der Waals surface area contributed by atoms with Crippen LogP contribution in [0.25, 0.3) is 17.4 Å². The largest absolute Gasteiger partial charge is 0.478 e. The summed E-state index contributed by atoms with van der Waals surface area (Å²) >= 11 is 5.98. The van der Waals surface area contributed by atoms with Gasteiger partial charge in [-0.15, -0.1) is 0 Å². The molecule has 0 saturated heterocycles. The Balaban J connectivity index is 1.90. The summed E-state index contributed by atoms with van der Waals surface area (Å²) in [6.07, 6.45) is 1.37. The number of rotatable bonds is 5. The number of furan rings is 1. The van der Waals surface area contributed by atoms with Crippen molar-refractivity contribution in [3.05, 3.63) is 88.1 Å². The van der Waals surface area contributed by atoms with Crippen LogP contribution in [0.3, 0.4) is 0 Å². The van der Waals surface area contributed by atoms with Gasteiger partial charge in [-0.05, 0) is 24.3 Å². The van der Waals surface area contributed by atoms with E-state index >= 15 is 0 Å². The van der Waals surface area contributed by atoms with E-state index in [1.807, 2.05) is 6.07 Å². The van der Waals surface area contributed by atoms with E-state index < -0.39 is 11.8 Å². The number of halogens is 1. The van der Waals surface area contributed by atoms with Crippen LogP contribution in [0.1, 0.15) is 26.5 Å². The Morgan fingerprint density at radius 1 is 1.07 bits per heavy atom. The van der Waals surface area contributed by atoms with Crippen molar-refractivity contribution in [2.45, 2.75) is 0 Å². The molecule has 0 saturated carbocycles. The van der Waals surface area contributed by atoms with E-state index in [2.05, 4.69) is 0 Å². The van der Waals surface area contributed by atoms with Crippen LogP contribution in [-0.4, -0.2) is 16.9 Å². The van der Waals surface area contributed by atoms with Crippen LogP contribution in [0.5, 0.6) is 0 Å². The van der Waals surface area contributed by atoms with Crippen LogP contribution in [0.15, 0.2) is 70.7 Å². The molecule has 0 aliphatic carbocycles. The van der Waals surface area contributed by atoms with Crippen molar-refractivity contribution in [3.63, 3.8) is 0 Å². The molecule has 0 atom stereocenters. The van der Waals surface area contributed by atoms with Gasteiger partial charge in [0.1, 0.15) is 23.2 Å². The van der Waals surface area contributed by atoms with Crippen molar-refractivity contribution in [1.29, 1.82) is 5.26 Å². The molecule has 0 amide bonds. The van der Waals surface area contributed by atoms with Crippen molar-refractivity contribution >= 4 is 29.4 Å². The number of benzene rings is 2. The molecule has 0 aliphatic rings. The summed E-state index contributed by atoms with van der Waals surface area (Å²) in [5.41, 5.74) is 0.930. The molecule has 0 unspecified atom stereocenters. The highest BCUT2D eigenvalue weighted by Gasteiger charge is 2.14. The van der Waals surface area contributed by atoms with Gasteiger partial charge in [-0.2, -0.15) is 5.26 Å². The lowest BCUT2D eigenvalue weighted by Crippen LogP contribution is -2.01. The van der Waals surface area contributed by atoms with E-state index in [4.69, 9.17) is 21.1 Å². The Labute approximate surface area is 159 Å². The van der Waals surface area contributed by atoms with Gasteiger partial charge in [0, 0.05) is 17.2 Å². The quantitative estimate of drug-likeness (QED) is 0.380. The number of carboxylic acid groups (broad SMARTS) is 1. The third-order valence-corrected chi connectivity index (χ3v) is 4.11. The molecule has 6 heteroatoms. The standard InChI is InChI=1S/C21H12ClNO4/c22-18-11-14(6-8-17(18)21(25)26)19-9-7-16(27-19)10-15(12-23)20(24)13-4-2-1-3-5-13/h1-11H,(H,25,26)/b15-10+. The van der Waals surface area contributed by atoms with Crippen LogP contribution in [0.2, 0.25) is 5.02 Å². The lowest BCUT2D eigenvalue weighted by molar-refractivity contribution is 0.0697. The smallest absolute Gasteiger partial charge is 0.337 e. The van der Waals surface area contributed by atoms with Crippen LogP contribution < -0.4 is 0 Å². The van der Waals surface area contributed by atoms with Crippen molar-refractivity contribution in [2.24, 2.45) is 0 Å². The number of carbonyl (C=O) groups excluding carboxylic acids is 1. The number of allylic oxidation sites excluding steroid dienone is 1. The Bertz CT molecular complexity index is 1090. The Hall–Kier alpha value is -3.62. The maximum absolute atomic E-state index is 12.4. The van der Waals surface area contributed by atoms with Gasteiger partial charge in [-0.3, -0.25) is 4.79 Å². The van der Waals surface area contributed by atoms with Gasteiger partial charge in [0.2, 0.25) is 5.78 Å². The highest BCUT2D eigenvalue weighted by atomic mass is 35.5. The van der Waals surface area contributed by atoms with E-state index in [-0.39, 0.29) is 16.2 Å². The van der Waals surface area contributed by atoms with Gasteiger partial charge in [0.25, 0.3) is 0 Å². The Morgan fingerprint density at radius 2 is 1.81 bits per heavy atom. The van der Waals surface area contributed by atoms with Crippen molar-refractivity contribution in [3.8, 4) is 17.4 Å². The van der Waals surface area contributed by atoms with Crippen LogP contribution in [0, 0.1) is 11.3 Å². The van der Waals surface area contributed by atoms with E-state index in [1.165, 1.54) is 18.2 Å². The monoisotopic (exact) mass is 377 g/mol. The summed E-state index contributed by atoms with van der Waals surface area (Å²) < 4.78 is 5.66. The molecule has 132 valence electrons. The minimum absolute atomic E-state index is 0.00711. The van der Waals surface area contributed by atoms with Gasteiger partial charge >= 0.3 is 5.97 Å². The van der Waals surface area contributed by atoms with E-state index in [0.29, 0.717) is 22.6 Å². The SMILES string of the molecule is N#C/C(=C\c1ccc(-c2ccc(C(=O)O)c(Cl)c2)o1)C(=O)c1ccccc1. The van der Waals surface area contributed by atoms with Gasteiger partial charge in [-0.25, -0.2) is 4.79 Å². The number of Topliss-reactive ketones (excluding diaryl/α,β-unsaturated/α-hetero) is 1. The third-order valence-electron chi connectivity index (χ3n) is 3.80. The molecule has 27 heavy (non-hydrogen) atoms. The van der Waals surface area contributed by atoms with Gasteiger partial charge in [0.15, 0.2) is 0 Å². The second kappa shape index (κ2) is 7.73. The summed E-state index contributed by atoms with van der Waals surface area (Å²) in [6.45, 7) is 0. The summed E-state index contributed by atoms with van der Waals surface area (Å²) in [5, 5.41) is 18.4. The zero-order valence-electron chi connectivity index (χ0n) is 13.8. The first-order valence-corrected chi connectivity index (χ1v) is 8.22. The first kappa shape index (κ1) is 18.2. The molecule has 3 rings (SSSR count). The average molecular weight is 378 g/mol. The van der Waals surface area contributed by atoms with Crippen molar-refractivity contribution in [1.82, 2.24) is 0 Å². The molecule has 1 heterocycles. The number of carbonyl (C=O) groups is 2. The minimum Gasteiger partial charge on any atom is -0.478 e. The topological polar surface area (TPSA) is 91.3 Å². The molecule has 3 aromatic rings. The first-order chi connectivity index (χ1) is 13.0. The average Bonchev–Trinajstić information content (AvgIpc) is 3.14. The number of hydrogen-bond acceptors (Lipinski definition) is 4. The van der Waals surface area contributed by atoms with Crippen molar-refractivity contribution < 1.29 is 19.1 Å². The Morgan fingerprint density at radius 3 is 2.44 bits per heavy atom. The molecule has 0 fully saturated rings. The minimum atomic E-state index is -1.12. The van der Waals surface area contributed by atoms with Crippen LogP contribution in [0.4, 0.5) is 0 Å². The Kier molecular flexibility index (Phi) is 5.20. The maximum Gasteiger partial charge on any atom is 0.337 e. The fourth-order valence-corrected chi connectivity index (χ4v) is 2.72. The van der Waals surface area contributed by atoms with E-state index in [0.717, 1.165) is 0 Å². The zero-order valence-corrected chi connectivity index (χ0v) is 14.6. The molecule has 0 aliphatic heterocycles. The maximum atomic E-state index is 12.4. The summed E-state index contributed by atoms with van der Waals surface area (Å²) in [4.78, 5) is 23.4. The molecule has 0 spiro atoms. The van der Waals surface area contributed by atoms with E-state index in [9.17, 15) is 14.9 Å². The highest BCUT2D eigenvalue weighted by Crippen LogP contribution is 2.28. The molecule has 0 radical (unpaired) electrons. The predicted octanol–water partition coefficient (Wildman–Crippen LogP) is 5.09. The molecule has 0 bridgehead atoms. The van der Waals surface area contributed by atoms with Gasteiger partial charge in [-0.1, -0.05) is 48.0 Å². The second-order valence-electron chi connectivity index (χ2n) is 5.57. The molecular formula is C21H12ClNO4. The summed E-state index contributed by atoms with van der Waals surface area (Å²) in [7, 11) is 0. The predicted molar refractivity (Wildman–Crippen MR) is 100 cm³/mol. The van der Waals surface area contributed by atoms with Crippen LogP contribution in [-0.2, 0) is 0 Å².